The summed E-state index contributed by atoms with van der Waals surface area (Å²) >= 11 is 0. The fraction of sp³-hybridized carbons (Fsp3) is 0.0952. The Morgan fingerprint density at radius 1 is 1.00 bits per heavy atom. The number of rotatable bonds is 7. The van der Waals surface area contributed by atoms with Gasteiger partial charge < -0.3 is 19.5 Å². The Labute approximate surface area is 161 Å². The lowest BCUT2D eigenvalue weighted by Crippen LogP contribution is -2.21. The number of hydrogen-bond donors (Lipinski definition) is 1. The number of amides is 1. The zero-order valence-electron chi connectivity index (χ0n) is 15.1. The van der Waals surface area contributed by atoms with E-state index in [1.807, 2.05) is 0 Å². The maximum Gasteiger partial charge on any atom is 0.342 e. The van der Waals surface area contributed by atoms with Crippen molar-refractivity contribution in [3.05, 3.63) is 78.6 Å². The van der Waals surface area contributed by atoms with Crippen molar-refractivity contribution in [1.29, 1.82) is 0 Å². The second-order valence-electron chi connectivity index (χ2n) is 5.64. The van der Waals surface area contributed by atoms with E-state index in [2.05, 4.69) is 10.3 Å². The molecule has 0 radical (unpaired) electrons. The van der Waals surface area contributed by atoms with Crippen molar-refractivity contribution in [2.24, 2.45) is 0 Å². The molecule has 0 aliphatic heterocycles. The van der Waals surface area contributed by atoms with Gasteiger partial charge in [-0.05, 0) is 36.4 Å². The first-order chi connectivity index (χ1) is 13.7. The number of para-hydroxylation sites is 1. The molecule has 0 spiro atoms. The Balaban J connectivity index is 1.61. The lowest BCUT2D eigenvalue weighted by atomic mass is 10.2. The largest absolute Gasteiger partial charge is 0.497 e. The highest BCUT2D eigenvalue weighted by Crippen LogP contribution is 2.25. The molecule has 7 heteroatoms. The van der Waals surface area contributed by atoms with E-state index in [4.69, 9.17) is 14.2 Å². The van der Waals surface area contributed by atoms with E-state index in [1.165, 1.54) is 13.3 Å². The van der Waals surface area contributed by atoms with Crippen molar-refractivity contribution in [3.8, 4) is 17.2 Å². The molecule has 0 aliphatic carbocycles. The summed E-state index contributed by atoms with van der Waals surface area (Å²) in [6, 6.07) is 16.9. The fourth-order valence-electron chi connectivity index (χ4n) is 2.37. The lowest BCUT2D eigenvalue weighted by Gasteiger charge is -2.11. The lowest BCUT2D eigenvalue weighted by molar-refractivity contribution is -0.119. The number of ether oxygens (including phenoxy) is 3. The molecule has 7 nitrogen and oxygen atoms in total. The molecule has 0 bridgehead atoms. The minimum absolute atomic E-state index is 0.209. The number of hydrogen-bond acceptors (Lipinski definition) is 6. The third-order valence-electron chi connectivity index (χ3n) is 3.66. The van der Waals surface area contributed by atoms with E-state index >= 15 is 0 Å². The van der Waals surface area contributed by atoms with Gasteiger partial charge in [0.15, 0.2) is 6.61 Å². The van der Waals surface area contributed by atoms with Crippen molar-refractivity contribution < 1.29 is 23.8 Å². The molecule has 0 saturated heterocycles. The molecule has 0 atom stereocenters. The normalized spacial score (nSPS) is 10.0. The molecule has 28 heavy (non-hydrogen) atoms. The highest BCUT2D eigenvalue weighted by Gasteiger charge is 2.16. The van der Waals surface area contributed by atoms with Crippen LogP contribution in [0.3, 0.4) is 0 Å². The second kappa shape index (κ2) is 9.18. The number of carbonyl (C=O) groups is 2. The van der Waals surface area contributed by atoms with E-state index in [-0.39, 0.29) is 5.56 Å². The molecule has 2 aromatic carbocycles. The van der Waals surface area contributed by atoms with Gasteiger partial charge in [0.1, 0.15) is 22.8 Å². The van der Waals surface area contributed by atoms with Gasteiger partial charge in [-0.25, -0.2) is 4.79 Å². The van der Waals surface area contributed by atoms with Gasteiger partial charge in [0.25, 0.3) is 5.91 Å². The molecule has 142 valence electrons. The van der Waals surface area contributed by atoms with Gasteiger partial charge in [0, 0.05) is 18.0 Å². The molecule has 0 saturated carbocycles. The first-order valence-electron chi connectivity index (χ1n) is 8.43. The number of nitrogens with one attached hydrogen (secondary N) is 1. The number of methoxy groups -OCH3 is 1. The first kappa shape index (κ1) is 18.9. The molecule has 1 aromatic heterocycles. The maximum absolute atomic E-state index is 12.4. The number of nitrogens with zero attached hydrogens (tertiary/aromatic N) is 1. The van der Waals surface area contributed by atoms with E-state index in [9.17, 15) is 9.59 Å². The van der Waals surface area contributed by atoms with E-state index in [1.54, 1.807) is 66.9 Å². The van der Waals surface area contributed by atoms with Crippen molar-refractivity contribution in [1.82, 2.24) is 4.98 Å². The van der Waals surface area contributed by atoms with E-state index in [0.29, 0.717) is 22.9 Å². The van der Waals surface area contributed by atoms with Crippen LogP contribution in [0.15, 0.2) is 73.1 Å². The Kier molecular flexibility index (Phi) is 6.20. The van der Waals surface area contributed by atoms with Gasteiger partial charge in [0.05, 0.1) is 13.3 Å². The molecule has 1 N–H and O–H groups in total. The first-order valence-corrected chi connectivity index (χ1v) is 8.43. The van der Waals surface area contributed by atoms with Crippen LogP contribution in [0.2, 0.25) is 0 Å². The van der Waals surface area contributed by atoms with Crippen LogP contribution in [0, 0.1) is 0 Å². The van der Waals surface area contributed by atoms with Crippen LogP contribution in [0.25, 0.3) is 0 Å². The van der Waals surface area contributed by atoms with E-state index < -0.39 is 18.5 Å². The van der Waals surface area contributed by atoms with Gasteiger partial charge in [-0.3, -0.25) is 9.78 Å². The van der Waals surface area contributed by atoms with Crippen LogP contribution in [0.4, 0.5) is 5.69 Å². The maximum atomic E-state index is 12.4. The second-order valence-corrected chi connectivity index (χ2v) is 5.64. The molecule has 0 fully saturated rings. The zero-order chi connectivity index (χ0) is 19.8. The van der Waals surface area contributed by atoms with Crippen molar-refractivity contribution in [2.45, 2.75) is 0 Å². The molecule has 3 rings (SSSR count). The topological polar surface area (TPSA) is 86.8 Å². The van der Waals surface area contributed by atoms with Crippen LogP contribution in [-0.2, 0) is 9.53 Å². The van der Waals surface area contributed by atoms with Crippen LogP contribution in [-0.4, -0.2) is 30.6 Å². The van der Waals surface area contributed by atoms with E-state index in [0.717, 1.165) is 0 Å². The molecule has 0 unspecified atom stereocenters. The van der Waals surface area contributed by atoms with Crippen LogP contribution >= 0.6 is 0 Å². The molecular weight excluding hydrogens is 360 g/mol. The minimum Gasteiger partial charge on any atom is -0.497 e. The fourth-order valence-corrected chi connectivity index (χ4v) is 2.37. The monoisotopic (exact) mass is 378 g/mol. The Hall–Kier alpha value is -3.87. The van der Waals surface area contributed by atoms with Crippen LogP contribution < -0.4 is 14.8 Å². The summed E-state index contributed by atoms with van der Waals surface area (Å²) in [4.78, 5) is 28.4. The predicted octanol–water partition coefficient (Wildman–Crippen LogP) is 3.68. The van der Waals surface area contributed by atoms with Crippen LogP contribution in [0.5, 0.6) is 17.2 Å². The smallest absolute Gasteiger partial charge is 0.342 e. The number of pyridine rings is 1. The average Bonchev–Trinajstić information content (AvgIpc) is 2.73. The highest BCUT2D eigenvalue weighted by molar-refractivity contribution is 5.96. The zero-order valence-corrected chi connectivity index (χ0v) is 15.1. The molecular formula is C21H18N2O5. The molecule has 3 aromatic rings. The van der Waals surface area contributed by atoms with Gasteiger partial charge in [0.2, 0.25) is 0 Å². The third kappa shape index (κ3) is 5.07. The molecule has 1 amide bonds. The Morgan fingerprint density at radius 3 is 2.61 bits per heavy atom. The summed E-state index contributed by atoms with van der Waals surface area (Å²) in [5.74, 6) is 0.274. The summed E-state index contributed by atoms with van der Waals surface area (Å²) in [6.07, 6.45) is 3.15. The summed E-state index contributed by atoms with van der Waals surface area (Å²) < 4.78 is 15.9. The quantitative estimate of drug-likeness (QED) is 0.631. The van der Waals surface area contributed by atoms with Crippen LogP contribution in [0.1, 0.15) is 10.4 Å². The standard InChI is InChI=1S/C21H18N2O5/c1-26-16-7-4-6-15(12-16)23-20(24)14-27-21(25)18-9-2-3-10-19(18)28-17-8-5-11-22-13-17/h2-13H,14H2,1H3,(H,23,24). The van der Waals surface area contributed by atoms with Crippen molar-refractivity contribution >= 4 is 17.6 Å². The molecule has 1 heterocycles. The van der Waals surface area contributed by atoms with Gasteiger partial charge >= 0.3 is 5.97 Å². The predicted molar refractivity (Wildman–Crippen MR) is 103 cm³/mol. The molecule has 0 aliphatic rings. The van der Waals surface area contributed by atoms with Gasteiger partial charge in [-0.15, -0.1) is 0 Å². The third-order valence-corrected chi connectivity index (χ3v) is 3.66. The SMILES string of the molecule is COc1cccc(NC(=O)COC(=O)c2ccccc2Oc2cccnc2)c1. The number of aromatic nitrogens is 1. The van der Waals surface area contributed by atoms with Gasteiger partial charge in [-0.2, -0.15) is 0 Å². The Morgan fingerprint density at radius 2 is 1.82 bits per heavy atom. The Bertz CT molecular complexity index is 960. The summed E-state index contributed by atoms with van der Waals surface area (Å²) in [6.45, 7) is -0.433. The summed E-state index contributed by atoms with van der Waals surface area (Å²) in [5.41, 5.74) is 0.751. The summed E-state index contributed by atoms with van der Waals surface area (Å²) in [7, 11) is 1.54. The number of carbonyl (C=O) groups excluding carboxylic acids is 2. The highest BCUT2D eigenvalue weighted by atomic mass is 16.5. The van der Waals surface area contributed by atoms with Crippen molar-refractivity contribution in [3.63, 3.8) is 0 Å². The minimum atomic E-state index is -0.666. The van der Waals surface area contributed by atoms with Gasteiger partial charge in [-0.1, -0.05) is 18.2 Å². The average molecular weight is 378 g/mol. The number of benzene rings is 2. The number of esters is 1. The summed E-state index contributed by atoms with van der Waals surface area (Å²) in [5, 5.41) is 2.64. The van der Waals surface area contributed by atoms with Crippen molar-refractivity contribution in [2.75, 3.05) is 19.0 Å². The number of anilines is 1.